The van der Waals surface area contributed by atoms with Crippen LogP contribution < -0.4 is 25.2 Å². The predicted molar refractivity (Wildman–Crippen MR) is 136 cm³/mol. The highest BCUT2D eigenvalue weighted by atomic mass is 35.5. The Balaban J connectivity index is 1.50. The van der Waals surface area contributed by atoms with Crippen LogP contribution in [0.3, 0.4) is 0 Å². The molecule has 4 aromatic rings. The van der Waals surface area contributed by atoms with Gasteiger partial charge in [-0.1, -0.05) is 23.2 Å². The van der Waals surface area contributed by atoms with E-state index in [9.17, 15) is 4.79 Å². The first-order valence-electron chi connectivity index (χ1n) is 10.9. The number of nitrogens with one attached hydrogen (secondary N) is 2. The highest BCUT2D eigenvalue weighted by Crippen LogP contribution is 2.45. The first-order valence-corrected chi connectivity index (χ1v) is 11.6. The summed E-state index contributed by atoms with van der Waals surface area (Å²) in [5.41, 5.74) is 0.802. The lowest BCUT2D eigenvalue weighted by atomic mass is 10.0. The van der Waals surface area contributed by atoms with Gasteiger partial charge in [0.15, 0.2) is 0 Å². The molecule has 35 heavy (non-hydrogen) atoms. The smallest absolute Gasteiger partial charge is 0.259 e. The molecule has 1 aliphatic rings. The van der Waals surface area contributed by atoms with Gasteiger partial charge in [-0.15, -0.1) is 0 Å². The molecular formula is C23H23Cl2N7O3. The predicted octanol–water partition coefficient (Wildman–Crippen LogP) is 3.73. The Morgan fingerprint density at radius 1 is 1.17 bits per heavy atom. The van der Waals surface area contributed by atoms with E-state index in [0.717, 1.165) is 25.3 Å². The number of hydrogen-bond donors (Lipinski definition) is 2. The van der Waals surface area contributed by atoms with Gasteiger partial charge in [-0.2, -0.15) is 10.1 Å². The van der Waals surface area contributed by atoms with Gasteiger partial charge in [0.25, 0.3) is 5.56 Å². The summed E-state index contributed by atoms with van der Waals surface area (Å²) >= 11 is 13.1. The Hall–Kier alpha value is -3.50. The minimum absolute atomic E-state index is 0.161. The van der Waals surface area contributed by atoms with Crippen LogP contribution in [0.4, 0.5) is 11.8 Å². The molecule has 10 nitrogen and oxygen atoms in total. The number of benzene rings is 1. The molecule has 0 aliphatic carbocycles. The van der Waals surface area contributed by atoms with Gasteiger partial charge in [0, 0.05) is 55.5 Å². The number of H-pyrrole nitrogens is 1. The lowest BCUT2D eigenvalue weighted by molar-refractivity contribution is 0.395. The molecule has 0 unspecified atom stereocenters. The van der Waals surface area contributed by atoms with Crippen molar-refractivity contribution in [3.63, 3.8) is 0 Å². The third-order valence-corrected chi connectivity index (χ3v) is 6.89. The highest BCUT2D eigenvalue weighted by Gasteiger charge is 2.25. The molecule has 1 aromatic carbocycles. The number of hydrogen-bond acceptors (Lipinski definition) is 8. The summed E-state index contributed by atoms with van der Waals surface area (Å²) in [5.74, 6) is 2.13. The molecule has 0 radical (unpaired) electrons. The Kier molecular flexibility index (Phi) is 6.16. The number of aryl methyl sites for hydroxylation is 1. The van der Waals surface area contributed by atoms with E-state index in [1.165, 1.54) is 18.8 Å². The minimum Gasteiger partial charge on any atom is -0.495 e. The molecule has 1 atom stereocenters. The monoisotopic (exact) mass is 515 g/mol. The van der Waals surface area contributed by atoms with E-state index < -0.39 is 0 Å². The van der Waals surface area contributed by atoms with Gasteiger partial charge in [-0.05, 0) is 12.5 Å². The van der Waals surface area contributed by atoms with Crippen molar-refractivity contribution < 1.29 is 9.47 Å². The average Bonchev–Trinajstić information content (AvgIpc) is 3.55. The van der Waals surface area contributed by atoms with E-state index in [1.807, 2.05) is 6.07 Å². The molecule has 3 aromatic heterocycles. The number of nitrogens with zero attached hydrogens (tertiary/aromatic N) is 5. The molecule has 2 N–H and O–H groups in total. The fourth-order valence-electron chi connectivity index (χ4n) is 4.32. The summed E-state index contributed by atoms with van der Waals surface area (Å²) < 4.78 is 12.2. The number of ether oxygens (including phenoxy) is 2. The van der Waals surface area contributed by atoms with Crippen molar-refractivity contribution in [1.29, 1.82) is 0 Å². The van der Waals surface area contributed by atoms with Crippen LogP contribution in [0.25, 0.3) is 22.2 Å². The van der Waals surface area contributed by atoms with Crippen molar-refractivity contribution in [2.75, 3.05) is 37.5 Å². The zero-order valence-electron chi connectivity index (χ0n) is 19.3. The van der Waals surface area contributed by atoms with Crippen molar-refractivity contribution in [2.24, 2.45) is 7.05 Å². The van der Waals surface area contributed by atoms with Gasteiger partial charge >= 0.3 is 0 Å². The molecule has 1 fully saturated rings. The summed E-state index contributed by atoms with van der Waals surface area (Å²) in [6.07, 6.45) is 4.33. The highest BCUT2D eigenvalue weighted by molar-refractivity contribution is 6.41. The van der Waals surface area contributed by atoms with Crippen molar-refractivity contribution in [3.8, 4) is 22.6 Å². The lowest BCUT2D eigenvalue weighted by Gasteiger charge is -2.17. The van der Waals surface area contributed by atoms with Crippen LogP contribution in [-0.4, -0.2) is 58.1 Å². The number of aromatic nitrogens is 5. The number of rotatable bonds is 6. The minimum atomic E-state index is -0.312. The Morgan fingerprint density at radius 3 is 2.57 bits per heavy atom. The number of aromatic amines is 1. The van der Waals surface area contributed by atoms with Crippen LogP contribution in [0.15, 0.2) is 35.4 Å². The van der Waals surface area contributed by atoms with E-state index in [-0.39, 0.29) is 21.6 Å². The van der Waals surface area contributed by atoms with E-state index >= 15 is 0 Å². The second-order valence-corrected chi connectivity index (χ2v) is 8.95. The fraction of sp³-hybridized carbons (Fsp3) is 0.304. The zero-order chi connectivity index (χ0) is 24.7. The van der Waals surface area contributed by atoms with Crippen LogP contribution in [0, 0.1) is 0 Å². The molecule has 5 rings (SSSR count). The van der Waals surface area contributed by atoms with Gasteiger partial charge in [0.1, 0.15) is 23.0 Å². The molecule has 0 saturated carbocycles. The molecule has 1 saturated heterocycles. The fourth-order valence-corrected chi connectivity index (χ4v) is 5.03. The van der Waals surface area contributed by atoms with Crippen molar-refractivity contribution in [2.45, 2.75) is 12.5 Å². The number of anilines is 2. The maximum absolute atomic E-state index is 13.4. The van der Waals surface area contributed by atoms with Gasteiger partial charge in [-0.25, -0.2) is 4.98 Å². The number of methoxy groups -OCH3 is 2. The molecule has 182 valence electrons. The van der Waals surface area contributed by atoms with E-state index in [4.69, 9.17) is 32.7 Å². The summed E-state index contributed by atoms with van der Waals surface area (Å²) in [5, 5.41) is 11.5. The molecule has 1 aliphatic heterocycles. The normalized spacial score (nSPS) is 15.6. The van der Waals surface area contributed by atoms with Crippen LogP contribution in [0.2, 0.25) is 10.0 Å². The number of fused-ring (bicyclic) bond motifs is 1. The first kappa shape index (κ1) is 23.3. The van der Waals surface area contributed by atoms with Gasteiger partial charge < -0.3 is 19.7 Å². The van der Waals surface area contributed by atoms with Gasteiger partial charge in [0.05, 0.1) is 36.0 Å². The average molecular weight is 516 g/mol. The standard InChI is InChI=1S/C23H23Cl2N7O3/c1-31-21-12(8-14(22(31)33)18-19(24)15(34-2)9-16(35-3)20(18)25)10-26-23(29-21)28-13-5-7-32(11-13)17-4-6-27-30-17/h4,6,8-10,13H,5,7,11H2,1-3H3,(H,27,30)(H,26,28,29)/t13-/m1/s1. The van der Waals surface area contributed by atoms with Gasteiger partial charge in [-0.3, -0.25) is 14.5 Å². The second-order valence-electron chi connectivity index (χ2n) is 8.20. The van der Waals surface area contributed by atoms with Gasteiger partial charge in [0.2, 0.25) is 5.95 Å². The lowest BCUT2D eigenvalue weighted by Crippen LogP contribution is -2.27. The molecule has 12 heteroatoms. The first-order chi connectivity index (χ1) is 16.9. The zero-order valence-corrected chi connectivity index (χ0v) is 20.8. The summed E-state index contributed by atoms with van der Waals surface area (Å²) in [6.45, 7) is 1.68. The summed E-state index contributed by atoms with van der Waals surface area (Å²) in [7, 11) is 4.62. The molecule has 0 amide bonds. The Labute approximate surface area is 210 Å². The molecule has 0 bridgehead atoms. The molecule has 0 spiro atoms. The number of pyridine rings is 1. The summed E-state index contributed by atoms with van der Waals surface area (Å²) in [6, 6.07) is 5.37. The quantitative estimate of drug-likeness (QED) is 0.399. The van der Waals surface area contributed by atoms with Crippen LogP contribution in [-0.2, 0) is 7.05 Å². The van der Waals surface area contributed by atoms with E-state index in [2.05, 4.69) is 30.4 Å². The maximum atomic E-state index is 13.4. The SMILES string of the molecule is COc1cc(OC)c(Cl)c(-c2cc3cnc(N[C@@H]4CCN(c5ccn[nH]5)C4)nc3n(C)c2=O)c1Cl. The number of halogens is 2. The van der Waals surface area contributed by atoms with E-state index in [0.29, 0.717) is 39.6 Å². The third kappa shape index (κ3) is 4.12. The van der Waals surface area contributed by atoms with E-state index in [1.54, 1.807) is 31.6 Å². The van der Waals surface area contributed by atoms with Crippen LogP contribution >= 0.6 is 23.2 Å². The van der Waals surface area contributed by atoms with Crippen LogP contribution in [0.1, 0.15) is 6.42 Å². The van der Waals surface area contributed by atoms with Crippen LogP contribution in [0.5, 0.6) is 11.5 Å². The van der Waals surface area contributed by atoms with Crippen molar-refractivity contribution in [3.05, 3.63) is 51.0 Å². The largest absolute Gasteiger partial charge is 0.495 e. The van der Waals surface area contributed by atoms with Crippen molar-refractivity contribution >= 4 is 46.0 Å². The molecular weight excluding hydrogens is 493 g/mol. The topological polar surface area (TPSA) is 110 Å². The maximum Gasteiger partial charge on any atom is 0.259 e. The summed E-state index contributed by atoms with van der Waals surface area (Å²) in [4.78, 5) is 24.7. The second kappa shape index (κ2) is 9.27. The molecule has 4 heterocycles. The Bertz CT molecular complexity index is 1430. The third-order valence-electron chi connectivity index (χ3n) is 6.14. The Morgan fingerprint density at radius 2 is 1.91 bits per heavy atom. The van der Waals surface area contributed by atoms with Crippen molar-refractivity contribution in [1.82, 2.24) is 24.7 Å².